The van der Waals surface area contributed by atoms with Gasteiger partial charge in [-0.15, -0.1) is 0 Å². The van der Waals surface area contributed by atoms with E-state index in [1.54, 1.807) is 0 Å². The van der Waals surface area contributed by atoms with Gasteiger partial charge in [-0.25, -0.2) is 0 Å². The van der Waals surface area contributed by atoms with Crippen molar-refractivity contribution in [1.82, 2.24) is 10.1 Å². The molecular formula is C23H25N3O2. The lowest BCUT2D eigenvalue weighted by molar-refractivity contribution is -0.117. The first kappa shape index (κ1) is 18.4. The molecule has 1 unspecified atom stereocenters. The standard InChI is InChI=1S/C23H25N3O2/c1-4-16-6-5-7-20(12-16)26-14-19(13-21(26)27)23-24-22(25-28-23)18-10-8-17(9-11-18)15(2)3/h5-12,15,19H,4,13-14H2,1-3H3. The van der Waals surface area contributed by atoms with Crippen molar-refractivity contribution >= 4 is 11.6 Å². The molecule has 5 nitrogen and oxygen atoms in total. The van der Waals surface area contributed by atoms with E-state index in [9.17, 15) is 4.79 Å². The highest BCUT2D eigenvalue weighted by molar-refractivity contribution is 5.96. The van der Waals surface area contributed by atoms with Crippen molar-refractivity contribution in [2.45, 2.75) is 45.4 Å². The van der Waals surface area contributed by atoms with Crippen LogP contribution in [0.1, 0.15) is 56.0 Å². The molecule has 0 saturated carbocycles. The van der Waals surface area contributed by atoms with Crippen molar-refractivity contribution in [3.8, 4) is 11.4 Å². The summed E-state index contributed by atoms with van der Waals surface area (Å²) in [6.07, 6.45) is 1.34. The smallest absolute Gasteiger partial charge is 0.232 e. The summed E-state index contributed by atoms with van der Waals surface area (Å²) < 4.78 is 5.52. The Labute approximate surface area is 165 Å². The van der Waals surface area contributed by atoms with E-state index >= 15 is 0 Å². The number of carbonyl (C=O) groups is 1. The second kappa shape index (κ2) is 7.58. The van der Waals surface area contributed by atoms with Crippen LogP contribution in [-0.2, 0) is 11.2 Å². The Kier molecular flexibility index (Phi) is 4.99. The van der Waals surface area contributed by atoms with E-state index in [1.807, 2.05) is 29.2 Å². The van der Waals surface area contributed by atoms with E-state index in [-0.39, 0.29) is 11.8 Å². The summed E-state index contributed by atoms with van der Waals surface area (Å²) in [4.78, 5) is 19.0. The van der Waals surface area contributed by atoms with Crippen LogP contribution in [0.5, 0.6) is 0 Å². The van der Waals surface area contributed by atoms with Crippen LogP contribution >= 0.6 is 0 Å². The van der Waals surface area contributed by atoms with Crippen LogP contribution < -0.4 is 4.90 Å². The first-order valence-electron chi connectivity index (χ1n) is 9.88. The van der Waals surface area contributed by atoms with Gasteiger partial charge in [0.1, 0.15) is 0 Å². The molecule has 0 bridgehead atoms. The molecule has 1 saturated heterocycles. The van der Waals surface area contributed by atoms with Gasteiger partial charge in [0.15, 0.2) is 0 Å². The van der Waals surface area contributed by atoms with Gasteiger partial charge < -0.3 is 9.42 Å². The van der Waals surface area contributed by atoms with Crippen LogP contribution in [0.4, 0.5) is 5.69 Å². The van der Waals surface area contributed by atoms with Crippen LogP contribution in [0.3, 0.4) is 0 Å². The van der Waals surface area contributed by atoms with Crippen molar-refractivity contribution in [2.24, 2.45) is 0 Å². The molecular weight excluding hydrogens is 350 g/mol. The number of amides is 1. The molecule has 1 aromatic heterocycles. The number of rotatable bonds is 5. The normalized spacial score (nSPS) is 16.9. The number of aromatic nitrogens is 2. The van der Waals surface area contributed by atoms with E-state index < -0.39 is 0 Å². The van der Waals surface area contributed by atoms with Gasteiger partial charge in [0.2, 0.25) is 17.6 Å². The third kappa shape index (κ3) is 3.57. The first-order valence-corrected chi connectivity index (χ1v) is 9.88. The van der Waals surface area contributed by atoms with Gasteiger partial charge in [-0.1, -0.05) is 62.3 Å². The summed E-state index contributed by atoms with van der Waals surface area (Å²) in [7, 11) is 0. The lowest BCUT2D eigenvalue weighted by Crippen LogP contribution is -2.24. The van der Waals surface area contributed by atoms with Crippen molar-refractivity contribution in [1.29, 1.82) is 0 Å². The third-order valence-corrected chi connectivity index (χ3v) is 5.38. The number of carbonyl (C=O) groups excluding carboxylic acids is 1. The molecule has 2 aromatic carbocycles. The zero-order valence-corrected chi connectivity index (χ0v) is 16.6. The van der Waals surface area contributed by atoms with E-state index in [0.717, 1.165) is 17.7 Å². The zero-order valence-electron chi connectivity index (χ0n) is 16.6. The molecule has 1 aliphatic rings. The predicted octanol–water partition coefficient (Wildman–Crippen LogP) is 4.94. The fourth-order valence-corrected chi connectivity index (χ4v) is 3.60. The Balaban J connectivity index is 1.52. The van der Waals surface area contributed by atoms with Crippen LogP contribution in [0, 0.1) is 0 Å². The summed E-state index contributed by atoms with van der Waals surface area (Å²) >= 11 is 0. The van der Waals surface area contributed by atoms with Gasteiger partial charge in [0.25, 0.3) is 0 Å². The van der Waals surface area contributed by atoms with E-state index in [0.29, 0.717) is 30.6 Å². The molecule has 0 spiro atoms. The highest BCUT2D eigenvalue weighted by atomic mass is 16.5. The Bertz CT molecular complexity index is 976. The summed E-state index contributed by atoms with van der Waals surface area (Å²) in [5.74, 6) is 1.61. The van der Waals surface area contributed by atoms with Gasteiger partial charge in [-0.2, -0.15) is 4.98 Å². The number of nitrogens with zero attached hydrogens (tertiary/aromatic N) is 3. The van der Waals surface area contributed by atoms with E-state index in [4.69, 9.17) is 4.52 Å². The summed E-state index contributed by atoms with van der Waals surface area (Å²) in [5.41, 5.74) is 4.37. The summed E-state index contributed by atoms with van der Waals surface area (Å²) in [6.45, 7) is 7.02. The van der Waals surface area contributed by atoms with Crippen molar-refractivity contribution in [2.75, 3.05) is 11.4 Å². The van der Waals surface area contributed by atoms with Crippen LogP contribution in [0.2, 0.25) is 0 Å². The molecule has 1 amide bonds. The van der Waals surface area contributed by atoms with Gasteiger partial charge in [0.05, 0.1) is 5.92 Å². The Morgan fingerprint density at radius 1 is 1.18 bits per heavy atom. The van der Waals surface area contributed by atoms with Crippen LogP contribution in [-0.4, -0.2) is 22.6 Å². The zero-order chi connectivity index (χ0) is 19.7. The Morgan fingerprint density at radius 2 is 1.96 bits per heavy atom. The topological polar surface area (TPSA) is 59.2 Å². The quantitative estimate of drug-likeness (QED) is 0.633. The van der Waals surface area contributed by atoms with Gasteiger partial charge in [0, 0.05) is 24.2 Å². The lowest BCUT2D eigenvalue weighted by atomic mass is 10.0. The number of anilines is 1. The van der Waals surface area contributed by atoms with Gasteiger partial charge >= 0.3 is 0 Å². The molecule has 0 radical (unpaired) electrons. The summed E-state index contributed by atoms with van der Waals surface area (Å²) in [5, 5.41) is 4.14. The first-order chi connectivity index (χ1) is 13.5. The maximum Gasteiger partial charge on any atom is 0.232 e. The van der Waals surface area contributed by atoms with E-state index in [1.165, 1.54) is 11.1 Å². The van der Waals surface area contributed by atoms with Crippen molar-refractivity contribution < 1.29 is 9.32 Å². The van der Waals surface area contributed by atoms with Crippen LogP contribution in [0.25, 0.3) is 11.4 Å². The Morgan fingerprint density at radius 3 is 2.68 bits per heavy atom. The van der Waals surface area contributed by atoms with Crippen LogP contribution in [0.15, 0.2) is 53.1 Å². The molecule has 3 aromatic rings. The SMILES string of the molecule is CCc1cccc(N2CC(c3nc(-c4ccc(C(C)C)cc4)no3)CC2=O)c1. The fourth-order valence-electron chi connectivity index (χ4n) is 3.60. The predicted molar refractivity (Wildman–Crippen MR) is 109 cm³/mol. The molecule has 28 heavy (non-hydrogen) atoms. The molecule has 1 fully saturated rings. The molecule has 5 heteroatoms. The lowest BCUT2D eigenvalue weighted by Gasteiger charge is -2.16. The Hall–Kier alpha value is -2.95. The van der Waals surface area contributed by atoms with Gasteiger partial charge in [-0.05, 0) is 35.6 Å². The number of hydrogen-bond donors (Lipinski definition) is 0. The molecule has 4 rings (SSSR count). The average Bonchev–Trinajstić information content (AvgIpc) is 3.35. The molecule has 2 heterocycles. The molecule has 1 atom stereocenters. The van der Waals surface area contributed by atoms with Gasteiger partial charge in [-0.3, -0.25) is 4.79 Å². The maximum absolute atomic E-state index is 12.6. The number of aryl methyl sites for hydroxylation is 1. The molecule has 0 N–H and O–H groups in total. The second-order valence-electron chi connectivity index (χ2n) is 7.66. The maximum atomic E-state index is 12.6. The second-order valence-corrected chi connectivity index (χ2v) is 7.66. The fraction of sp³-hybridized carbons (Fsp3) is 0.348. The largest absolute Gasteiger partial charge is 0.339 e. The highest BCUT2D eigenvalue weighted by Gasteiger charge is 2.35. The van der Waals surface area contributed by atoms with Crippen molar-refractivity contribution in [3.63, 3.8) is 0 Å². The number of hydrogen-bond acceptors (Lipinski definition) is 4. The third-order valence-electron chi connectivity index (χ3n) is 5.38. The minimum absolute atomic E-state index is 0.0750. The molecule has 1 aliphatic heterocycles. The monoisotopic (exact) mass is 375 g/mol. The minimum Gasteiger partial charge on any atom is -0.339 e. The average molecular weight is 375 g/mol. The number of benzene rings is 2. The molecule has 0 aliphatic carbocycles. The van der Waals surface area contributed by atoms with E-state index in [2.05, 4.69) is 55.2 Å². The van der Waals surface area contributed by atoms with Crippen molar-refractivity contribution in [3.05, 3.63) is 65.5 Å². The summed E-state index contributed by atoms with van der Waals surface area (Å²) in [6, 6.07) is 16.4. The highest BCUT2D eigenvalue weighted by Crippen LogP contribution is 2.32. The molecule has 144 valence electrons. The minimum atomic E-state index is -0.0750.